The Bertz CT molecular complexity index is 393. The molecule has 1 aliphatic carbocycles. The summed E-state index contributed by atoms with van der Waals surface area (Å²) < 4.78 is 26.2. The molecule has 0 saturated heterocycles. The highest BCUT2D eigenvalue weighted by molar-refractivity contribution is 5.26. The molecule has 0 aliphatic heterocycles. The summed E-state index contributed by atoms with van der Waals surface area (Å²) in [6.45, 7) is 2.10. The van der Waals surface area contributed by atoms with Crippen molar-refractivity contribution in [3.63, 3.8) is 0 Å². The van der Waals surface area contributed by atoms with E-state index in [1.54, 1.807) is 0 Å². The number of nitrogens with two attached hydrogens (primary N) is 1. The van der Waals surface area contributed by atoms with E-state index < -0.39 is 5.92 Å². The molecule has 1 atom stereocenters. The first-order valence-corrected chi connectivity index (χ1v) is 6.74. The quantitative estimate of drug-likeness (QED) is 0.863. The number of rotatable bonds is 3. The lowest BCUT2D eigenvalue weighted by atomic mass is 9.80. The van der Waals surface area contributed by atoms with Crippen LogP contribution in [0.3, 0.4) is 0 Å². The third-order valence-electron chi connectivity index (χ3n) is 4.01. The molecule has 1 fully saturated rings. The van der Waals surface area contributed by atoms with Gasteiger partial charge in [-0.15, -0.1) is 0 Å². The topological polar surface area (TPSA) is 26.0 Å². The average Bonchev–Trinajstić information content (AvgIpc) is 2.38. The largest absolute Gasteiger partial charge is 0.324 e. The van der Waals surface area contributed by atoms with Crippen LogP contribution in [0, 0.1) is 5.92 Å². The van der Waals surface area contributed by atoms with Crippen molar-refractivity contribution in [1.82, 2.24) is 0 Å². The third kappa shape index (κ3) is 3.08. The van der Waals surface area contributed by atoms with Crippen molar-refractivity contribution in [2.24, 2.45) is 11.7 Å². The molecule has 2 N–H and O–H groups in total. The van der Waals surface area contributed by atoms with Gasteiger partial charge in [0.05, 0.1) is 0 Å². The van der Waals surface area contributed by atoms with Crippen LogP contribution < -0.4 is 5.73 Å². The lowest BCUT2D eigenvalue weighted by molar-refractivity contribution is -0.0483. The fourth-order valence-corrected chi connectivity index (χ4v) is 2.71. The Kier molecular flexibility index (Phi) is 4.00. The van der Waals surface area contributed by atoms with Crippen molar-refractivity contribution in [2.45, 2.75) is 51.0 Å². The van der Waals surface area contributed by atoms with Gasteiger partial charge in [0, 0.05) is 18.9 Å². The van der Waals surface area contributed by atoms with Crippen molar-refractivity contribution in [3.8, 4) is 0 Å². The third-order valence-corrected chi connectivity index (χ3v) is 4.01. The second kappa shape index (κ2) is 5.35. The monoisotopic (exact) mass is 253 g/mol. The van der Waals surface area contributed by atoms with E-state index in [9.17, 15) is 8.78 Å². The summed E-state index contributed by atoms with van der Waals surface area (Å²) in [5.74, 6) is -2.28. The van der Waals surface area contributed by atoms with Crippen molar-refractivity contribution in [2.75, 3.05) is 0 Å². The van der Waals surface area contributed by atoms with Crippen LogP contribution in [0.2, 0.25) is 0 Å². The van der Waals surface area contributed by atoms with E-state index in [0.717, 1.165) is 12.0 Å². The molecule has 3 heteroatoms. The number of halogens is 2. The molecule has 18 heavy (non-hydrogen) atoms. The Morgan fingerprint density at radius 2 is 2.00 bits per heavy atom. The second-order valence-corrected chi connectivity index (χ2v) is 5.32. The lowest BCUT2D eigenvalue weighted by Crippen LogP contribution is -2.31. The summed E-state index contributed by atoms with van der Waals surface area (Å²) in [6, 6.07) is 8.10. The normalized spacial score (nSPS) is 21.8. The molecule has 1 aliphatic rings. The van der Waals surface area contributed by atoms with E-state index in [2.05, 4.69) is 19.1 Å². The molecular weight excluding hydrogens is 232 g/mol. The van der Waals surface area contributed by atoms with Crippen LogP contribution >= 0.6 is 0 Å². The first-order valence-electron chi connectivity index (χ1n) is 6.74. The molecule has 0 radical (unpaired) electrons. The van der Waals surface area contributed by atoms with Crippen LogP contribution in [0.5, 0.6) is 0 Å². The number of benzene rings is 1. The van der Waals surface area contributed by atoms with Gasteiger partial charge in [0.15, 0.2) is 0 Å². The molecule has 2 rings (SSSR count). The fourth-order valence-electron chi connectivity index (χ4n) is 2.71. The van der Waals surface area contributed by atoms with Crippen molar-refractivity contribution in [1.29, 1.82) is 0 Å². The average molecular weight is 253 g/mol. The second-order valence-electron chi connectivity index (χ2n) is 5.32. The number of alkyl halides is 2. The minimum atomic E-state index is -2.47. The maximum absolute atomic E-state index is 13.1. The Labute approximate surface area is 107 Å². The van der Waals surface area contributed by atoms with Crippen LogP contribution in [-0.4, -0.2) is 5.92 Å². The van der Waals surface area contributed by atoms with Crippen molar-refractivity contribution in [3.05, 3.63) is 35.4 Å². The molecule has 1 aromatic rings. The van der Waals surface area contributed by atoms with Gasteiger partial charge in [0.25, 0.3) is 0 Å². The number of hydrogen-bond donors (Lipinski definition) is 1. The zero-order valence-corrected chi connectivity index (χ0v) is 10.8. The molecule has 1 unspecified atom stereocenters. The maximum Gasteiger partial charge on any atom is 0.248 e. The van der Waals surface area contributed by atoms with Crippen LogP contribution in [0.4, 0.5) is 8.78 Å². The molecule has 1 nitrogen and oxygen atoms in total. The van der Waals surface area contributed by atoms with Gasteiger partial charge in [0.2, 0.25) is 5.92 Å². The summed E-state index contributed by atoms with van der Waals surface area (Å²) in [5, 5.41) is 0. The molecule has 0 aromatic heterocycles. The van der Waals surface area contributed by atoms with Crippen molar-refractivity contribution < 1.29 is 8.78 Å². The van der Waals surface area contributed by atoms with Crippen LogP contribution in [0.15, 0.2) is 24.3 Å². The zero-order chi connectivity index (χ0) is 13.2. The highest BCUT2D eigenvalue weighted by Gasteiger charge is 2.37. The van der Waals surface area contributed by atoms with E-state index in [0.29, 0.717) is 12.8 Å². The molecule has 1 aromatic carbocycles. The van der Waals surface area contributed by atoms with E-state index >= 15 is 0 Å². The van der Waals surface area contributed by atoms with Crippen LogP contribution in [0.1, 0.15) is 49.8 Å². The van der Waals surface area contributed by atoms with Crippen molar-refractivity contribution >= 4 is 0 Å². The molecule has 100 valence electrons. The first-order chi connectivity index (χ1) is 8.52. The van der Waals surface area contributed by atoms with Gasteiger partial charge in [-0.3, -0.25) is 0 Å². The Morgan fingerprint density at radius 1 is 1.33 bits per heavy atom. The molecule has 1 saturated carbocycles. The summed E-state index contributed by atoms with van der Waals surface area (Å²) >= 11 is 0. The SMILES string of the molecule is CCc1cccc(C(N)C2CCC(F)(F)CC2)c1. The molecule has 0 amide bonds. The summed E-state index contributed by atoms with van der Waals surface area (Å²) in [5.41, 5.74) is 8.58. The lowest BCUT2D eigenvalue weighted by Gasteiger charge is -2.32. The Morgan fingerprint density at radius 3 is 2.61 bits per heavy atom. The van der Waals surface area contributed by atoms with Crippen LogP contribution in [-0.2, 0) is 6.42 Å². The maximum atomic E-state index is 13.1. The number of aryl methyl sites for hydroxylation is 1. The summed E-state index contributed by atoms with van der Waals surface area (Å²) in [6.07, 6.45) is 2.01. The van der Waals surface area contributed by atoms with E-state index in [1.165, 1.54) is 5.56 Å². The summed E-state index contributed by atoms with van der Waals surface area (Å²) in [4.78, 5) is 0. The molecule has 0 heterocycles. The van der Waals surface area contributed by atoms with Gasteiger partial charge < -0.3 is 5.73 Å². The minimum absolute atomic E-state index is 0.0150. The molecule has 0 spiro atoms. The highest BCUT2D eigenvalue weighted by Crippen LogP contribution is 2.40. The highest BCUT2D eigenvalue weighted by atomic mass is 19.3. The smallest absolute Gasteiger partial charge is 0.248 e. The van der Waals surface area contributed by atoms with Gasteiger partial charge in [-0.1, -0.05) is 31.2 Å². The Hall–Kier alpha value is -0.960. The predicted octanol–water partition coefficient (Wildman–Crippen LogP) is 4.07. The Balaban J connectivity index is 2.05. The minimum Gasteiger partial charge on any atom is -0.324 e. The van der Waals surface area contributed by atoms with Gasteiger partial charge in [-0.25, -0.2) is 8.78 Å². The zero-order valence-electron chi connectivity index (χ0n) is 10.8. The predicted molar refractivity (Wildman–Crippen MR) is 69.7 cm³/mol. The van der Waals surface area contributed by atoms with Gasteiger partial charge in [0.1, 0.15) is 0 Å². The molecule has 0 bridgehead atoms. The van der Waals surface area contributed by atoms with E-state index in [1.807, 2.05) is 12.1 Å². The fraction of sp³-hybridized carbons (Fsp3) is 0.600. The molecular formula is C15H21F2N. The number of hydrogen-bond acceptors (Lipinski definition) is 1. The van der Waals surface area contributed by atoms with E-state index in [4.69, 9.17) is 5.73 Å². The van der Waals surface area contributed by atoms with E-state index in [-0.39, 0.29) is 24.8 Å². The standard InChI is InChI=1S/C15H21F2N/c1-2-11-4-3-5-13(10-11)14(18)12-6-8-15(16,17)9-7-12/h3-5,10,12,14H,2,6-9,18H2,1H3. The van der Waals surface area contributed by atoms with Crippen LogP contribution in [0.25, 0.3) is 0 Å². The van der Waals surface area contributed by atoms with Gasteiger partial charge >= 0.3 is 0 Å². The van der Waals surface area contributed by atoms with Gasteiger partial charge in [-0.05, 0) is 36.3 Å². The van der Waals surface area contributed by atoms with Gasteiger partial charge in [-0.2, -0.15) is 0 Å². The first kappa shape index (κ1) is 13.5. The summed E-state index contributed by atoms with van der Waals surface area (Å²) in [7, 11) is 0.